The van der Waals surface area contributed by atoms with E-state index in [1.165, 1.54) is 0 Å². The first-order chi connectivity index (χ1) is 8.09. The lowest BCUT2D eigenvalue weighted by atomic mass is 10.0. The van der Waals surface area contributed by atoms with E-state index in [2.05, 4.69) is 0 Å². The Morgan fingerprint density at radius 3 is 2.35 bits per heavy atom. The summed E-state index contributed by atoms with van der Waals surface area (Å²) in [5.74, 6) is -1.48. The number of hydrogen-bond donors (Lipinski definition) is 1. The maximum atomic E-state index is 13.7. The molecule has 0 aliphatic rings. The first-order valence-corrected chi connectivity index (χ1v) is 5.35. The molecule has 1 nitrogen and oxygen atoms in total. The molecule has 0 amide bonds. The van der Waals surface area contributed by atoms with E-state index >= 15 is 0 Å². The van der Waals surface area contributed by atoms with E-state index in [1.54, 1.807) is 30.3 Å². The van der Waals surface area contributed by atoms with Gasteiger partial charge in [0.25, 0.3) is 0 Å². The molecule has 0 aliphatic carbocycles. The summed E-state index contributed by atoms with van der Waals surface area (Å²) in [5.41, 5.74) is 0.314. The number of hydrogen-bond acceptors (Lipinski definition) is 1. The number of halogens is 3. The van der Waals surface area contributed by atoms with E-state index in [4.69, 9.17) is 11.6 Å². The van der Waals surface area contributed by atoms with Crippen LogP contribution in [0.2, 0.25) is 5.02 Å². The zero-order valence-corrected chi connectivity index (χ0v) is 9.46. The molecule has 0 radical (unpaired) electrons. The third-order valence-electron chi connectivity index (χ3n) is 2.43. The van der Waals surface area contributed by atoms with Crippen molar-refractivity contribution in [2.45, 2.75) is 6.10 Å². The Morgan fingerprint density at radius 1 is 1.06 bits per heavy atom. The molecule has 2 aromatic rings. The Bertz CT molecular complexity index is 528. The van der Waals surface area contributed by atoms with Crippen LogP contribution in [0.4, 0.5) is 8.78 Å². The van der Waals surface area contributed by atoms with Crippen LogP contribution in [0.15, 0.2) is 42.5 Å². The Labute approximate surface area is 102 Å². The third-order valence-corrected chi connectivity index (χ3v) is 2.71. The van der Waals surface area contributed by atoms with Gasteiger partial charge in [0.15, 0.2) is 0 Å². The van der Waals surface area contributed by atoms with Crippen LogP contribution in [0.5, 0.6) is 0 Å². The highest BCUT2D eigenvalue weighted by atomic mass is 35.5. The first-order valence-electron chi connectivity index (χ1n) is 4.97. The van der Waals surface area contributed by atoms with E-state index in [1.807, 2.05) is 0 Å². The van der Waals surface area contributed by atoms with Crippen molar-refractivity contribution in [1.29, 1.82) is 0 Å². The fraction of sp³-hybridized carbons (Fsp3) is 0.0769. The van der Waals surface area contributed by atoms with Crippen molar-refractivity contribution in [3.8, 4) is 0 Å². The lowest BCUT2D eigenvalue weighted by molar-refractivity contribution is 0.214. The Morgan fingerprint density at radius 2 is 1.71 bits per heavy atom. The summed E-state index contributed by atoms with van der Waals surface area (Å²) in [6.45, 7) is 0. The third kappa shape index (κ3) is 2.46. The molecule has 4 heteroatoms. The predicted molar refractivity (Wildman–Crippen MR) is 61.9 cm³/mol. The van der Waals surface area contributed by atoms with Crippen molar-refractivity contribution in [3.63, 3.8) is 0 Å². The molecule has 0 saturated carbocycles. The summed E-state index contributed by atoms with van der Waals surface area (Å²) in [7, 11) is 0. The van der Waals surface area contributed by atoms with Crippen molar-refractivity contribution >= 4 is 11.6 Å². The van der Waals surface area contributed by atoms with Gasteiger partial charge in [-0.15, -0.1) is 0 Å². The molecule has 2 rings (SSSR count). The van der Waals surface area contributed by atoms with Gasteiger partial charge in [-0.25, -0.2) is 8.78 Å². The van der Waals surface area contributed by atoms with Crippen LogP contribution in [-0.4, -0.2) is 5.11 Å². The largest absolute Gasteiger partial charge is 0.384 e. The van der Waals surface area contributed by atoms with Gasteiger partial charge in [0, 0.05) is 5.56 Å². The number of aliphatic hydroxyl groups excluding tert-OH is 1. The highest BCUT2D eigenvalue weighted by Crippen LogP contribution is 2.28. The van der Waals surface area contributed by atoms with Gasteiger partial charge in [-0.3, -0.25) is 0 Å². The lowest BCUT2D eigenvalue weighted by Crippen LogP contribution is -2.03. The van der Waals surface area contributed by atoms with Gasteiger partial charge in [-0.1, -0.05) is 41.9 Å². The van der Waals surface area contributed by atoms with Crippen molar-refractivity contribution in [1.82, 2.24) is 0 Å². The van der Waals surface area contributed by atoms with E-state index in [0.717, 1.165) is 12.1 Å². The topological polar surface area (TPSA) is 20.2 Å². The minimum atomic E-state index is -1.23. The maximum Gasteiger partial charge on any atom is 0.148 e. The van der Waals surface area contributed by atoms with Gasteiger partial charge in [0.1, 0.15) is 17.7 Å². The molecule has 2 aromatic carbocycles. The summed E-state index contributed by atoms with van der Waals surface area (Å²) in [5, 5.41) is 9.62. The molecule has 0 bridgehead atoms. The number of aliphatic hydroxyl groups is 1. The second-order valence-electron chi connectivity index (χ2n) is 3.60. The van der Waals surface area contributed by atoms with E-state index in [0.29, 0.717) is 5.56 Å². The van der Waals surface area contributed by atoms with Gasteiger partial charge in [-0.2, -0.15) is 0 Å². The molecule has 17 heavy (non-hydrogen) atoms. The minimum absolute atomic E-state index is 0.166. The zero-order chi connectivity index (χ0) is 12.4. The molecule has 0 aliphatic heterocycles. The number of rotatable bonds is 2. The quantitative estimate of drug-likeness (QED) is 0.810. The monoisotopic (exact) mass is 254 g/mol. The first kappa shape index (κ1) is 12.0. The molecule has 1 N–H and O–H groups in total. The van der Waals surface area contributed by atoms with Gasteiger partial charge in [0.05, 0.1) is 5.02 Å². The Balaban J connectivity index is 2.48. The standard InChI is InChI=1S/C13H9ClF2O/c14-11-7-9(15)6-10(12(11)16)13(17)8-4-2-1-3-5-8/h1-7,13,17H. The predicted octanol–water partition coefficient (Wildman–Crippen LogP) is 3.70. The molecule has 88 valence electrons. The zero-order valence-electron chi connectivity index (χ0n) is 8.70. The van der Waals surface area contributed by atoms with E-state index < -0.39 is 17.7 Å². The second kappa shape index (κ2) is 4.82. The van der Waals surface area contributed by atoms with Gasteiger partial charge in [-0.05, 0) is 17.7 Å². The van der Waals surface area contributed by atoms with E-state index in [-0.39, 0.29) is 10.6 Å². The normalized spacial score (nSPS) is 12.5. The van der Waals surface area contributed by atoms with Crippen molar-refractivity contribution in [3.05, 3.63) is 70.2 Å². The average Bonchev–Trinajstić information content (AvgIpc) is 2.34. The van der Waals surface area contributed by atoms with Gasteiger partial charge in [0.2, 0.25) is 0 Å². The fourth-order valence-electron chi connectivity index (χ4n) is 1.59. The van der Waals surface area contributed by atoms with Crippen LogP contribution in [0.1, 0.15) is 17.2 Å². The van der Waals surface area contributed by atoms with E-state index in [9.17, 15) is 13.9 Å². The SMILES string of the molecule is OC(c1ccccc1)c1cc(F)cc(Cl)c1F. The molecular formula is C13H9ClF2O. The van der Waals surface area contributed by atoms with Gasteiger partial charge >= 0.3 is 0 Å². The summed E-state index contributed by atoms with van der Waals surface area (Å²) >= 11 is 5.52. The van der Waals surface area contributed by atoms with Crippen LogP contribution in [-0.2, 0) is 0 Å². The molecule has 0 spiro atoms. The second-order valence-corrected chi connectivity index (χ2v) is 4.01. The highest BCUT2D eigenvalue weighted by Gasteiger charge is 2.18. The van der Waals surface area contributed by atoms with Crippen LogP contribution >= 0.6 is 11.6 Å². The minimum Gasteiger partial charge on any atom is -0.384 e. The molecule has 0 saturated heterocycles. The smallest absolute Gasteiger partial charge is 0.148 e. The van der Waals surface area contributed by atoms with Crippen LogP contribution in [0.25, 0.3) is 0 Å². The molecular weight excluding hydrogens is 246 g/mol. The number of benzene rings is 2. The van der Waals surface area contributed by atoms with Gasteiger partial charge < -0.3 is 5.11 Å². The molecule has 1 atom stereocenters. The molecule has 1 unspecified atom stereocenters. The van der Waals surface area contributed by atoms with Crippen LogP contribution in [0.3, 0.4) is 0 Å². The molecule has 0 aromatic heterocycles. The summed E-state index contributed by atoms with van der Waals surface area (Å²) < 4.78 is 26.8. The van der Waals surface area contributed by atoms with Crippen molar-refractivity contribution < 1.29 is 13.9 Å². The Hall–Kier alpha value is -1.45. The summed E-state index contributed by atoms with van der Waals surface area (Å²) in [4.78, 5) is 0. The van der Waals surface area contributed by atoms with Crippen LogP contribution < -0.4 is 0 Å². The Kier molecular flexibility index (Phi) is 3.41. The molecule has 0 heterocycles. The lowest BCUT2D eigenvalue weighted by Gasteiger charge is -2.13. The van der Waals surface area contributed by atoms with Crippen LogP contribution in [0, 0.1) is 11.6 Å². The molecule has 0 fully saturated rings. The average molecular weight is 255 g/mol. The fourth-order valence-corrected chi connectivity index (χ4v) is 1.80. The van der Waals surface area contributed by atoms with Crippen molar-refractivity contribution in [2.75, 3.05) is 0 Å². The summed E-state index contributed by atoms with van der Waals surface area (Å²) in [6.07, 6.45) is -1.23. The maximum absolute atomic E-state index is 13.7. The summed E-state index contributed by atoms with van der Waals surface area (Å²) in [6, 6.07) is 10.3. The highest BCUT2D eigenvalue weighted by molar-refractivity contribution is 6.30. The van der Waals surface area contributed by atoms with Crippen molar-refractivity contribution in [2.24, 2.45) is 0 Å².